The van der Waals surface area contributed by atoms with Gasteiger partial charge in [-0.25, -0.2) is 0 Å². The standard InChI is InChI=1S/C42H76O4Si2/c1-16-18-20-34(29-39(43)44-17-2)30(3)35-24-25-36-33(21-19-26-42(35,36)11)23-22-32-27-37(45-47(12,13)40(5,6)7)31(4)38(28-32)46-48(14,15)41(8,9)10/h22-23,30,34-38H,4,16-21,24-29H2,1-3,5-15H3/b33-23+/t30-,34+,35-,36+,37-,38-,42-/m1/s1. The highest BCUT2D eigenvalue weighted by Gasteiger charge is 2.52. The number of carbonyl (C=O) groups excluding carboxylic acids is 1. The predicted octanol–water partition coefficient (Wildman–Crippen LogP) is 12.6. The van der Waals surface area contributed by atoms with Crippen molar-refractivity contribution in [3.63, 3.8) is 0 Å². The molecule has 0 N–H and O–H groups in total. The van der Waals surface area contributed by atoms with Crippen LogP contribution in [0.2, 0.25) is 36.3 Å². The topological polar surface area (TPSA) is 44.8 Å². The third-order valence-electron chi connectivity index (χ3n) is 13.8. The average Bonchev–Trinajstić information content (AvgIpc) is 3.32. The monoisotopic (exact) mass is 701 g/mol. The summed E-state index contributed by atoms with van der Waals surface area (Å²) in [4.78, 5) is 12.6. The molecule has 3 saturated carbocycles. The Morgan fingerprint density at radius 2 is 1.52 bits per heavy atom. The van der Waals surface area contributed by atoms with Crippen LogP contribution < -0.4 is 0 Å². The SMILES string of the molecule is C=C1[C@H](O[Si](C)(C)C(C)(C)C)CC(=C/C=C2\CCC[C@]3(C)[C@@H]([C@H](C)[C@@H](CCCC)CC(=O)OCC)CC[C@@H]23)C[C@H]1O[Si](C)(C)C(C)(C)C. The lowest BCUT2D eigenvalue weighted by Crippen LogP contribution is -2.49. The molecule has 0 bridgehead atoms. The summed E-state index contributed by atoms with van der Waals surface area (Å²) in [6, 6.07) is 0. The molecular weight excluding hydrogens is 625 g/mol. The number of rotatable bonds is 13. The molecule has 0 radical (unpaired) electrons. The van der Waals surface area contributed by atoms with E-state index < -0.39 is 16.6 Å². The highest BCUT2D eigenvalue weighted by Crippen LogP contribution is 2.60. The lowest BCUT2D eigenvalue weighted by molar-refractivity contribution is -0.145. The van der Waals surface area contributed by atoms with Crippen LogP contribution in [0.4, 0.5) is 0 Å². The number of hydrogen-bond acceptors (Lipinski definition) is 4. The number of esters is 1. The van der Waals surface area contributed by atoms with E-state index in [4.69, 9.17) is 13.6 Å². The van der Waals surface area contributed by atoms with Gasteiger partial charge in [-0.15, -0.1) is 0 Å². The summed E-state index contributed by atoms with van der Waals surface area (Å²) in [6.45, 7) is 37.8. The molecule has 3 fully saturated rings. The maximum atomic E-state index is 12.6. The Bertz CT molecular complexity index is 1130. The molecule has 0 saturated heterocycles. The summed E-state index contributed by atoms with van der Waals surface area (Å²) in [5.74, 6) is 2.20. The zero-order chi connectivity index (χ0) is 36.3. The zero-order valence-corrected chi connectivity index (χ0v) is 35.9. The average molecular weight is 701 g/mol. The Balaban J connectivity index is 1.90. The molecule has 0 spiro atoms. The van der Waals surface area contributed by atoms with Crippen molar-refractivity contribution < 1.29 is 18.4 Å². The fourth-order valence-corrected chi connectivity index (χ4v) is 11.2. The molecule has 7 atom stereocenters. The van der Waals surface area contributed by atoms with Gasteiger partial charge in [-0.2, -0.15) is 0 Å². The largest absolute Gasteiger partial charge is 0.466 e. The first-order valence-electron chi connectivity index (χ1n) is 19.7. The Labute approximate surface area is 299 Å². The molecule has 0 aliphatic heterocycles. The first-order chi connectivity index (χ1) is 22.1. The highest BCUT2D eigenvalue weighted by molar-refractivity contribution is 6.74. The second-order valence-corrected chi connectivity index (χ2v) is 28.7. The Morgan fingerprint density at radius 3 is 2.02 bits per heavy atom. The third-order valence-corrected chi connectivity index (χ3v) is 22.8. The summed E-state index contributed by atoms with van der Waals surface area (Å²) in [6.07, 6.45) is 17.2. The summed E-state index contributed by atoms with van der Waals surface area (Å²) in [5.41, 5.74) is 4.54. The Hall–Kier alpha value is -0.956. The van der Waals surface area contributed by atoms with Gasteiger partial charge < -0.3 is 13.6 Å². The number of ether oxygens (including phenoxy) is 1. The van der Waals surface area contributed by atoms with Crippen molar-refractivity contribution in [2.45, 2.75) is 188 Å². The van der Waals surface area contributed by atoms with Crippen LogP contribution >= 0.6 is 0 Å². The molecule has 4 nitrogen and oxygen atoms in total. The quantitative estimate of drug-likeness (QED) is 0.109. The van der Waals surface area contributed by atoms with Gasteiger partial charge in [0.2, 0.25) is 0 Å². The van der Waals surface area contributed by atoms with Crippen LogP contribution in [-0.4, -0.2) is 41.4 Å². The maximum Gasteiger partial charge on any atom is 0.306 e. The lowest BCUT2D eigenvalue weighted by atomic mass is 9.59. The molecule has 0 heterocycles. The first-order valence-corrected chi connectivity index (χ1v) is 25.5. The molecule has 0 aromatic rings. The van der Waals surface area contributed by atoms with Crippen LogP contribution in [0.5, 0.6) is 0 Å². The second-order valence-electron chi connectivity index (χ2n) is 19.1. The van der Waals surface area contributed by atoms with Crippen molar-refractivity contribution in [1.29, 1.82) is 0 Å². The van der Waals surface area contributed by atoms with Gasteiger partial charge in [0.15, 0.2) is 16.6 Å². The van der Waals surface area contributed by atoms with Gasteiger partial charge >= 0.3 is 5.97 Å². The van der Waals surface area contributed by atoms with Crippen molar-refractivity contribution in [3.05, 3.63) is 35.5 Å². The summed E-state index contributed by atoms with van der Waals surface area (Å²) >= 11 is 0. The van der Waals surface area contributed by atoms with Crippen LogP contribution in [0.1, 0.15) is 140 Å². The van der Waals surface area contributed by atoms with Crippen molar-refractivity contribution >= 4 is 22.6 Å². The molecule has 3 aliphatic carbocycles. The molecule has 276 valence electrons. The molecule has 48 heavy (non-hydrogen) atoms. The van der Waals surface area contributed by atoms with Gasteiger partial charge in [-0.05, 0) is 129 Å². The number of carbonyl (C=O) groups is 1. The van der Waals surface area contributed by atoms with E-state index >= 15 is 0 Å². The van der Waals surface area contributed by atoms with Crippen LogP contribution in [-0.2, 0) is 18.4 Å². The van der Waals surface area contributed by atoms with Gasteiger partial charge in [-0.3, -0.25) is 4.79 Å². The smallest absolute Gasteiger partial charge is 0.306 e. The molecule has 0 amide bonds. The molecule has 0 aromatic carbocycles. The minimum absolute atomic E-state index is 0.00634. The van der Waals surface area contributed by atoms with E-state index in [0.717, 1.165) is 24.8 Å². The lowest BCUT2D eigenvalue weighted by Gasteiger charge is -2.46. The minimum Gasteiger partial charge on any atom is -0.466 e. The zero-order valence-electron chi connectivity index (χ0n) is 33.9. The second kappa shape index (κ2) is 16.2. The third kappa shape index (κ3) is 9.67. The van der Waals surface area contributed by atoms with Crippen LogP contribution in [0, 0.1) is 29.1 Å². The fourth-order valence-electron chi connectivity index (χ4n) is 8.61. The minimum atomic E-state index is -2.00. The van der Waals surface area contributed by atoms with Gasteiger partial charge in [-0.1, -0.05) is 105 Å². The van der Waals surface area contributed by atoms with Crippen molar-refractivity contribution in [1.82, 2.24) is 0 Å². The Morgan fingerprint density at radius 1 is 0.958 bits per heavy atom. The molecule has 6 heteroatoms. The predicted molar refractivity (Wildman–Crippen MR) is 210 cm³/mol. The van der Waals surface area contributed by atoms with Gasteiger partial charge in [0.05, 0.1) is 18.8 Å². The van der Waals surface area contributed by atoms with Crippen molar-refractivity contribution in [2.75, 3.05) is 6.61 Å². The normalized spacial score (nSPS) is 29.5. The summed E-state index contributed by atoms with van der Waals surface area (Å²) < 4.78 is 19.7. The first kappa shape index (κ1) is 41.5. The van der Waals surface area contributed by atoms with Gasteiger partial charge in [0.25, 0.3) is 0 Å². The van der Waals surface area contributed by atoms with E-state index in [2.05, 4.69) is 107 Å². The molecule has 0 aromatic heterocycles. The van der Waals surface area contributed by atoms with Gasteiger partial charge in [0.1, 0.15) is 0 Å². The summed E-state index contributed by atoms with van der Waals surface area (Å²) in [5, 5.41) is 0.280. The molecular formula is C42H76O4Si2. The van der Waals surface area contributed by atoms with Gasteiger partial charge in [0, 0.05) is 6.42 Å². The van der Waals surface area contributed by atoms with Crippen LogP contribution in [0.25, 0.3) is 0 Å². The Kier molecular flexibility index (Phi) is 14.0. The van der Waals surface area contributed by atoms with E-state index in [1.54, 1.807) is 5.57 Å². The van der Waals surface area contributed by atoms with E-state index in [-0.39, 0.29) is 28.3 Å². The molecule has 3 rings (SSSR count). The summed E-state index contributed by atoms with van der Waals surface area (Å²) in [7, 11) is -4.00. The number of fused-ring (bicyclic) bond motifs is 1. The van der Waals surface area contributed by atoms with Crippen molar-refractivity contribution in [2.24, 2.45) is 29.1 Å². The number of hydrogen-bond donors (Lipinski definition) is 0. The number of unbranched alkanes of at least 4 members (excludes halogenated alkanes) is 1. The number of allylic oxidation sites excluding steroid dienone is 3. The van der Waals surface area contributed by atoms with E-state index in [0.29, 0.717) is 42.1 Å². The van der Waals surface area contributed by atoms with Crippen molar-refractivity contribution in [3.8, 4) is 0 Å². The van der Waals surface area contributed by atoms with Crippen LogP contribution in [0.15, 0.2) is 35.5 Å². The van der Waals surface area contributed by atoms with Crippen LogP contribution in [0.3, 0.4) is 0 Å². The molecule has 3 aliphatic rings. The maximum absolute atomic E-state index is 12.6. The van der Waals surface area contributed by atoms with E-state index in [1.807, 2.05) is 6.92 Å². The van der Waals surface area contributed by atoms with E-state index in [9.17, 15) is 4.79 Å². The molecule has 0 unspecified atom stereocenters. The fraction of sp³-hybridized carbons (Fsp3) is 0.833. The highest BCUT2D eigenvalue weighted by atomic mass is 28.4. The van der Waals surface area contributed by atoms with E-state index in [1.165, 1.54) is 50.5 Å².